The lowest BCUT2D eigenvalue weighted by Crippen LogP contribution is -2.26. The molecule has 0 heterocycles. The van der Waals surface area contributed by atoms with Gasteiger partial charge in [-0.05, 0) is 0 Å². The Bertz CT molecular complexity index is 732. The Morgan fingerprint density at radius 3 is 1.82 bits per heavy atom. The number of alkyl halides is 5. The summed E-state index contributed by atoms with van der Waals surface area (Å²) >= 11 is 0. The maximum Gasteiger partial charge on any atom is 0.454 e. The molecular weight excluding hydrogens is 333 g/mol. The smallest absolute Gasteiger partial charge is 0.396 e. The van der Waals surface area contributed by atoms with E-state index in [0.29, 0.717) is 0 Å². The van der Waals surface area contributed by atoms with Gasteiger partial charge in [-0.1, -0.05) is 0 Å². The van der Waals surface area contributed by atoms with E-state index in [4.69, 9.17) is 0 Å². The van der Waals surface area contributed by atoms with Gasteiger partial charge in [-0.25, -0.2) is 17.6 Å². The summed E-state index contributed by atoms with van der Waals surface area (Å²) in [5, 5.41) is 0. The van der Waals surface area contributed by atoms with Crippen molar-refractivity contribution < 1.29 is 44.3 Å². The van der Waals surface area contributed by atoms with Gasteiger partial charge in [0.05, 0.1) is 16.8 Å². The normalized spacial score (nSPS) is 17.0. The van der Waals surface area contributed by atoms with E-state index >= 15 is 0 Å². The van der Waals surface area contributed by atoms with Crippen molar-refractivity contribution in [1.29, 1.82) is 0 Å². The Labute approximate surface area is 115 Å². The van der Waals surface area contributed by atoms with Gasteiger partial charge < -0.3 is 5.73 Å². The minimum absolute atomic E-state index is 2.04. The molecule has 0 aromatic heterocycles. The molecule has 11 heteroatoms. The highest BCUT2D eigenvalue weighted by Crippen LogP contribution is 2.51. The van der Waals surface area contributed by atoms with Crippen molar-refractivity contribution in [3.05, 3.63) is 40.1 Å². The highest BCUT2D eigenvalue weighted by Gasteiger charge is 2.56. The molecule has 2 rings (SSSR count). The van der Waals surface area contributed by atoms with Crippen LogP contribution in [-0.4, -0.2) is 12.0 Å². The predicted molar refractivity (Wildman–Crippen MR) is 52.3 cm³/mol. The van der Waals surface area contributed by atoms with Crippen LogP contribution in [0.4, 0.5) is 39.5 Å². The van der Waals surface area contributed by atoms with Crippen LogP contribution in [0.2, 0.25) is 0 Å². The molecule has 0 atom stereocenters. The molecule has 0 radical (unpaired) electrons. The van der Waals surface area contributed by atoms with Crippen LogP contribution < -0.4 is 5.73 Å². The van der Waals surface area contributed by atoms with E-state index in [9.17, 15) is 44.3 Å². The average molecular weight is 335 g/mol. The minimum Gasteiger partial charge on any atom is -0.396 e. The van der Waals surface area contributed by atoms with Crippen LogP contribution in [0.3, 0.4) is 0 Å². The highest BCUT2D eigenvalue weighted by atomic mass is 19.4. The molecule has 0 aliphatic heterocycles. The molecule has 1 aliphatic rings. The van der Waals surface area contributed by atoms with Crippen LogP contribution in [0.15, 0.2) is 5.70 Å². The van der Waals surface area contributed by atoms with Crippen LogP contribution in [0.1, 0.15) is 11.1 Å². The highest BCUT2D eigenvalue weighted by molar-refractivity contribution is 6.26. The first-order valence-electron chi connectivity index (χ1n) is 5.19. The molecule has 1 aliphatic carbocycles. The third kappa shape index (κ3) is 1.87. The third-order valence-corrected chi connectivity index (χ3v) is 2.92. The van der Waals surface area contributed by atoms with Crippen LogP contribution in [-0.2, 0) is 10.7 Å². The summed E-state index contributed by atoms with van der Waals surface area (Å²) in [4.78, 5) is 11.1. The molecule has 0 unspecified atom stereocenters. The topological polar surface area (TPSA) is 43.1 Å². The number of rotatable bonds is 1. The van der Waals surface area contributed by atoms with Gasteiger partial charge in [-0.3, -0.25) is 4.79 Å². The number of carbonyl (C=O) groups excluding carboxylic acids is 1. The number of carbonyl (C=O) groups is 1. The standard InChI is InChI=1S/C11H2F9NO/c12-4-1-2(9(22)11(18,19)20)8(21)10(16,17)3(1)5(13)7(15)6(4)14/h21H2. The van der Waals surface area contributed by atoms with Crippen molar-refractivity contribution >= 4 is 11.4 Å². The summed E-state index contributed by atoms with van der Waals surface area (Å²) in [7, 11) is 0. The van der Waals surface area contributed by atoms with E-state index < -0.39 is 63.5 Å². The quantitative estimate of drug-likeness (QED) is 0.487. The molecule has 1 aromatic carbocycles. The van der Waals surface area contributed by atoms with E-state index in [2.05, 4.69) is 5.73 Å². The largest absolute Gasteiger partial charge is 0.454 e. The molecular formula is C11H2F9NO. The van der Waals surface area contributed by atoms with E-state index in [1.807, 2.05) is 0 Å². The Balaban J connectivity index is 2.94. The molecule has 2 nitrogen and oxygen atoms in total. The van der Waals surface area contributed by atoms with Crippen LogP contribution in [0, 0.1) is 23.3 Å². The summed E-state index contributed by atoms with van der Waals surface area (Å²) in [6.07, 6.45) is -5.77. The fourth-order valence-electron chi connectivity index (χ4n) is 1.97. The number of hydrogen-bond donors (Lipinski definition) is 1. The van der Waals surface area contributed by atoms with Gasteiger partial charge >= 0.3 is 12.1 Å². The SMILES string of the molecule is NC1=C(C(=O)C(F)(F)F)c2c(F)c(F)c(F)c(F)c2C1(F)F. The lowest BCUT2D eigenvalue weighted by Gasteiger charge is -2.14. The maximum atomic E-state index is 13.7. The molecule has 0 saturated carbocycles. The van der Waals surface area contributed by atoms with Gasteiger partial charge in [0.2, 0.25) is 0 Å². The Hall–Kier alpha value is -2.20. The molecule has 0 saturated heterocycles. The molecule has 0 fully saturated rings. The van der Waals surface area contributed by atoms with Crippen molar-refractivity contribution in [3.8, 4) is 0 Å². The molecule has 0 amide bonds. The first-order valence-corrected chi connectivity index (χ1v) is 5.19. The Morgan fingerprint density at radius 2 is 1.36 bits per heavy atom. The molecule has 0 spiro atoms. The summed E-state index contributed by atoms with van der Waals surface area (Å²) in [5.74, 6) is -18.4. The summed E-state index contributed by atoms with van der Waals surface area (Å²) in [6, 6.07) is 0. The molecule has 1 aromatic rings. The Morgan fingerprint density at radius 1 is 0.909 bits per heavy atom. The lowest BCUT2D eigenvalue weighted by atomic mass is 10.00. The van der Waals surface area contributed by atoms with Gasteiger partial charge in [0.25, 0.3) is 5.78 Å². The van der Waals surface area contributed by atoms with Crippen molar-refractivity contribution in [2.45, 2.75) is 12.1 Å². The number of allylic oxidation sites excluding steroid dienone is 2. The fourth-order valence-corrected chi connectivity index (χ4v) is 1.97. The fraction of sp³-hybridized carbons (Fsp3) is 0.182. The van der Waals surface area contributed by atoms with Gasteiger partial charge in [0, 0.05) is 5.56 Å². The zero-order chi connectivity index (χ0) is 17.2. The second-order valence-electron chi connectivity index (χ2n) is 4.20. The summed E-state index contributed by atoms with van der Waals surface area (Å²) in [5.41, 5.74) is -3.92. The molecule has 0 bridgehead atoms. The van der Waals surface area contributed by atoms with E-state index in [1.165, 1.54) is 0 Å². The number of nitrogens with two attached hydrogens (primary N) is 1. The first kappa shape index (κ1) is 16.2. The summed E-state index contributed by atoms with van der Waals surface area (Å²) in [6.45, 7) is 0. The predicted octanol–water partition coefficient (Wildman–Crippen LogP) is 3.15. The van der Waals surface area contributed by atoms with Gasteiger partial charge in [-0.15, -0.1) is 0 Å². The van der Waals surface area contributed by atoms with E-state index in [1.54, 1.807) is 0 Å². The van der Waals surface area contributed by atoms with Gasteiger partial charge in [0.15, 0.2) is 23.3 Å². The number of halogens is 9. The van der Waals surface area contributed by atoms with Crippen LogP contribution in [0.5, 0.6) is 0 Å². The van der Waals surface area contributed by atoms with Crippen LogP contribution >= 0.6 is 0 Å². The van der Waals surface area contributed by atoms with Crippen LogP contribution in [0.25, 0.3) is 5.57 Å². The number of Topliss-reactive ketones (excluding diaryl/α,β-unsaturated/α-hetero) is 1. The average Bonchev–Trinajstić information content (AvgIpc) is 2.60. The van der Waals surface area contributed by atoms with E-state index in [0.717, 1.165) is 0 Å². The zero-order valence-electron chi connectivity index (χ0n) is 9.89. The summed E-state index contributed by atoms with van der Waals surface area (Å²) < 4.78 is 117. The third-order valence-electron chi connectivity index (χ3n) is 2.92. The number of fused-ring (bicyclic) bond motifs is 1. The number of benzene rings is 1. The number of ketones is 1. The van der Waals surface area contributed by atoms with Crippen molar-refractivity contribution in [2.75, 3.05) is 0 Å². The number of hydrogen-bond acceptors (Lipinski definition) is 2. The van der Waals surface area contributed by atoms with Crippen molar-refractivity contribution in [3.63, 3.8) is 0 Å². The molecule has 120 valence electrons. The van der Waals surface area contributed by atoms with Gasteiger partial charge in [0.1, 0.15) is 0 Å². The van der Waals surface area contributed by atoms with Crippen molar-refractivity contribution in [1.82, 2.24) is 0 Å². The zero-order valence-corrected chi connectivity index (χ0v) is 9.89. The minimum atomic E-state index is -5.77. The van der Waals surface area contributed by atoms with Gasteiger partial charge in [-0.2, -0.15) is 22.0 Å². The van der Waals surface area contributed by atoms with Crippen molar-refractivity contribution in [2.24, 2.45) is 5.73 Å². The lowest BCUT2D eigenvalue weighted by molar-refractivity contribution is -0.164. The Kier molecular flexibility index (Phi) is 3.23. The molecule has 22 heavy (non-hydrogen) atoms. The first-order chi connectivity index (χ1) is 9.83. The maximum absolute atomic E-state index is 13.7. The van der Waals surface area contributed by atoms with E-state index in [-0.39, 0.29) is 0 Å². The second-order valence-corrected chi connectivity index (χ2v) is 4.20. The monoisotopic (exact) mass is 335 g/mol. The second kappa shape index (κ2) is 4.40. The molecule has 2 N–H and O–H groups in total.